The highest BCUT2D eigenvalue weighted by atomic mass is 13.9. The maximum atomic E-state index is 3.03. The lowest BCUT2D eigenvalue weighted by atomic mass is 10.1. The maximum Gasteiger partial charge on any atom is 0.00249 e. The van der Waals surface area contributed by atoms with Gasteiger partial charge >= 0.3 is 0 Å². The van der Waals surface area contributed by atoms with Gasteiger partial charge in [-0.25, -0.2) is 0 Å². The van der Waals surface area contributed by atoms with Gasteiger partial charge in [0.05, 0.1) is 0 Å². The van der Waals surface area contributed by atoms with Gasteiger partial charge in [0.15, 0.2) is 0 Å². The summed E-state index contributed by atoms with van der Waals surface area (Å²) in [4.78, 5) is 0. The lowest BCUT2D eigenvalue weighted by Crippen LogP contribution is -1.81. The van der Waals surface area contributed by atoms with Crippen molar-refractivity contribution in [1.82, 2.24) is 0 Å². The predicted octanol–water partition coefficient (Wildman–Crippen LogP) is 3.18. The summed E-state index contributed by atoms with van der Waals surface area (Å²) in [6.45, 7) is 8.21. The van der Waals surface area contributed by atoms with Crippen molar-refractivity contribution in [1.29, 1.82) is 0 Å². The highest BCUT2D eigenvalue weighted by molar-refractivity contribution is 5.20. The third kappa shape index (κ3) is 3.09. The smallest absolute Gasteiger partial charge is 0.00249 e. The molecule has 0 saturated heterocycles. The standard InChI is InChI=1S/C9H10.C2H6/c1-3-9-7-5-4-6-8(9)2;1-2/h5,7H,3H2,1-2H3;1-2H3. The molecule has 0 aliphatic carbocycles. The summed E-state index contributed by atoms with van der Waals surface area (Å²) in [7, 11) is 0. The molecule has 0 nitrogen and oxygen atoms in total. The van der Waals surface area contributed by atoms with Crippen molar-refractivity contribution in [2.24, 2.45) is 0 Å². The molecule has 0 unspecified atom stereocenters. The molecule has 0 aliphatic heterocycles. The van der Waals surface area contributed by atoms with Gasteiger partial charge in [0, 0.05) is 5.56 Å². The molecule has 11 heavy (non-hydrogen) atoms. The number of aryl methyl sites for hydroxylation is 1. The van der Waals surface area contributed by atoms with E-state index < -0.39 is 0 Å². The first-order valence-corrected chi connectivity index (χ1v) is 4.22. The largest absolute Gasteiger partial charge is 0.0699 e. The van der Waals surface area contributed by atoms with Gasteiger partial charge in [-0.05, 0) is 31.0 Å². The molecule has 0 fully saturated rings. The molecule has 0 aromatic heterocycles. The molecule has 0 amide bonds. The van der Waals surface area contributed by atoms with Crippen molar-refractivity contribution >= 4 is 0 Å². The van der Waals surface area contributed by atoms with Crippen molar-refractivity contribution in [3.05, 3.63) is 35.4 Å². The monoisotopic (exact) mass is 148 g/mol. The van der Waals surface area contributed by atoms with Gasteiger partial charge in [0.2, 0.25) is 0 Å². The molecular weight excluding hydrogens is 132 g/mol. The maximum absolute atomic E-state index is 3.03. The van der Waals surface area contributed by atoms with Crippen LogP contribution in [0.2, 0.25) is 0 Å². The third-order valence-electron chi connectivity index (χ3n) is 1.49. The first-order valence-electron chi connectivity index (χ1n) is 4.22. The highest BCUT2D eigenvalue weighted by Crippen LogP contribution is 2.02. The van der Waals surface area contributed by atoms with Crippen molar-refractivity contribution in [3.8, 4) is 0 Å². The van der Waals surface area contributed by atoms with Gasteiger partial charge in [-0.3, -0.25) is 0 Å². The van der Waals surface area contributed by atoms with E-state index >= 15 is 0 Å². The van der Waals surface area contributed by atoms with Gasteiger partial charge in [-0.1, -0.05) is 32.9 Å². The summed E-state index contributed by atoms with van der Waals surface area (Å²) < 4.78 is 0. The Balaban J connectivity index is 0.000000461. The molecule has 0 saturated carbocycles. The molecule has 0 radical (unpaired) electrons. The Hall–Kier alpha value is -0.960. The summed E-state index contributed by atoms with van der Waals surface area (Å²) in [6.07, 6.45) is 1.09. The van der Waals surface area contributed by atoms with Gasteiger partial charge < -0.3 is 0 Å². The first kappa shape index (κ1) is 10.0. The molecule has 0 heterocycles. The van der Waals surface area contributed by atoms with Crippen LogP contribution in [0.1, 0.15) is 31.9 Å². The van der Waals surface area contributed by atoms with Crippen molar-refractivity contribution in [3.63, 3.8) is 0 Å². The van der Waals surface area contributed by atoms with Crippen LogP contribution in [-0.2, 0) is 6.42 Å². The average molecular weight is 148 g/mol. The Morgan fingerprint density at radius 1 is 1.36 bits per heavy atom. The van der Waals surface area contributed by atoms with Crippen LogP contribution in [0.4, 0.5) is 0 Å². The molecule has 0 bridgehead atoms. The first-order chi connectivity index (χ1) is 5.34. The predicted molar refractivity (Wildman–Crippen MR) is 49.6 cm³/mol. The van der Waals surface area contributed by atoms with Crippen LogP contribution in [-0.4, -0.2) is 0 Å². The minimum Gasteiger partial charge on any atom is -0.0699 e. The Kier molecular flexibility index (Phi) is 5.29. The van der Waals surface area contributed by atoms with E-state index in [0.717, 1.165) is 6.42 Å². The van der Waals surface area contributed by atoms with E-state index in [0.29, 0.717) is 0 Å². The molecule has 60 valence electrons. The summed E-state index contributed by atoms with van der Waals surface area (Å²) in [6, 6.07) is 9.93. The van der Waals surface area contributed by atoms with E-state index in [-0.39, 0.29) is 0 Å². The molecule has 1 aromatic carbocycles. The van der Waals surface area contributed by atoms with Crippen LogP contribution in [0.3, 0.4) is 0 Å². The van der Waals surface area contributed by atoms with Gasteiger partial charge in [0.1, 0.15) is 0 Å². The van der Waals surface area contributed by atoms with Gasteiger partial charge in [-0.2, -0.15) is 0 Å². The van der Waals surface area contributed by atoms with Crippen LogP contribution in [0.25, 0.3) is 0 Å². The quantitative estimate of drug-likeness (QED) is 0.573. The SMILES string of the molecule is CC.CCc1ccc#cc1C. The number of rotatable bonds is 1. The lowest BCUT2D eigenvalue weighted by Gasteiger charge is -1.94. The summed E-state index contributed by atoms with van der Waals surface area (Å²) in [5.41, 5.74) is 2.59. The van der Waals surface area contributed by atoms with Crippen LogP contribution >= 0.6 is 0 Å². The van der Waals surface area contributed by atoms with Crippen LogP contribution in [0, 0.1) is 19.1 Å². The molecular formula is C11H16. The average Bonchev–Trinajstić information content (AvgIpc) is 2.09. The second-order valence-electron chi connectivity index (χ2n) is 2.11. The molecule has 1 rings (SSSR count). The Labute approximate surface area is 70.3 Å². The van der Waals surface area contributed by atoms with E-state index in [1.54, 1.807) is 0 Å². The Morgan fingerprint density at radius 2 is 2.00 bits per heavy atom. The third-order valence-corrected chi connectivity index (χ3v) is 1.49. The fourth-order valence-electron chi connectivity index (χ4n) is 0.880. The zero-order chi connectivity index (χ0) is 8.69. The molecule has 0 spiro atoms. The zero-order valence-electron chi connectivity index (χ0n) is 7.86. The Morgan fingerprint density at radius 3 is 2.36 bits per heavy atom. The van der Waals surface area contributed by atoms with E-state index in [9.17, 15) is 0 Å². The fourth-order valence-corrected chi connectivity index (χ4v) is 0.880. The molecule has 0 heteroatoms. The second kappa shape index (κ2) is 5.80. The molecule has 0 atom stereocenters. The number of hydrogen-bond donors (Lipinski definition) is 0. The molecule has 0 N–H and O–H groups in total. The van der Waals surface area contributed by atoms with Gasteiger partial charge in [-0.15, -0.1) is 0 Å². The van der Waals surface area contributed by atoms with Crippen molar-refractivity contribution in [2.45, 2.75) is 34.1 Å². The summed E-state index contributed by atoms with van der Waals surface area (Å²) in [5.74, 6) is 0. The Bertz CT molecular complexity index is 189. The van der Waals surface area contributed by atoms with E-state index in [1.807, 2.05) is 19.9 Å². The molecule has 1 aromatic rings. The van der Waals surface area contributed by atoms with Crippen LogP contribution in [0.15, 0.2) is 12.1 Å². The summed E-state index contributed by atoms with van der Waals surface area (Å²) >= 11 is 0. The highest BCUT2D eigenvalue weighted by Gasteiger charge is 1.88. The molecule has 0 aliphatic rings. The minimum absolute atomic E-state index is 1.09. The zero-order valence-corrected chi connectivity index (χ0v) is 7.86. The van der Waals surface area contributed by atoms with E-state index in [4.69, 9.17) is 0 Å². The van der Waals surface area contributed by atoms with Crippen molar-refractivity contribution < 1.29 is 0 Å². The normalized spacial score (nSPS) is 7.64. The second-order valence-corrected chi connectivity index (χ2v) is 2.11. The fraction of sp³-hybridized carbons (Fsp3) is 0.455. The van der Waals surface area contributed by atoms with E-state index in [1.165, 1.54) is 11.1 Å². The van der Waals surface area contributed by atoms with Crippen LogP contribution < -0.4 is 0 Å². The van der Waals surface area contributed by atoms with E-state index in [2.05, 4.69) is 32.0 Å². The van der Waals surface area contributed by atoms with Crippen LogP contribution in [0.5, 0.6) is 0 Å². The minimum atomic E-state index is 1.09. The van der Waals surface area contributed by atoms with Crippen molar-refractivity contribution in [2.75, 3.05) is 0 Å². The summed E-state index contributed by atoms with van der Waals surface area (Å²) in [5, 5.41) is 0. The number of hydrogen-bond acceptors (Lipinski definition) is 0. The topological polar surface area (TPSA) is 0 Å². The lowest BCUT2D eigenvalue weighted by molar-refractivity contribution is 1.11. The van der Waals surface area contributed by atoms with Gasteiger partial charge in [0.25, 0.3) is 0 Å².